The average molecular weight is 177 g/mol. The van der Waals surface area contributed by atoms with Crippen molar-refractivity contribution in [2.45, 2.75) is 25.5 Å². The van der Waals surface area contributed by atoms with Gasteiger partial charge in [-0.25, -0.2) is 0 Å². The predicted molar refractivity (Wildman–Crippen MR) is 52.4 cm³/mol. The lowest BCUT2D eigenvalue weighted by atomic mass is 9.93. The summed E-state index contributed by atoms with van der Waals surface area (Å²) in [7, 11) is 0. The maximum Gasteiger partial charge on any atom is 0.0826 e. The van der Waals surface area contributed by atoms with E-state index in [2.05, 4.69) is 19.1 Å². The third-order valence-electron chi connectivity index (χ3n) is 2.59. The van der Waals surface area contributed by atoms with Crippen molar-refractivity contribution in [3.05, 3.63) is 35.4 Å². The Kier molecular flexibility index (Phi) is 2.34. The zero-order chi connectivity index (χ0) is 9.26. The highest BCUT2D eigenvalue weighted by molar-refractivity contribution is 5.33. The molecule has 0 saturated carbocycles. The highest BCUT2D eigenvalue weighted by Crippen LogP contribution is 2.32. The minimum absolute atomic E-state index is 0.0546. The fourth-order valence-electron chi connectivity index (χ4n) is 1.88. The third kappa shape index (κ3) is 1.47. The van der Waals surface area contributed by atoms with Gasteiger partial charge >= 0.3 is 0 Å². The van der Waals surface area contributed by atoms with Crippen LogP contribution in [0.15, 0.2) is 24.3 Å². The van der Waals surface area contributed by atoms with E-state index in [1.165, 1.54) is 11.1 Å². The number of hydrogen-bond acceptors (Lipinski definition) is 2. The molecule has 2 atom stereocenters. The third-order valence-corrected chi connectivity index (χ3v) is 2.59. The van der Waals surface area contributed by atoms with Gasteiger partial charge < -0.3 is 10.5 Å². The lowest BCUT2D eigenvalue weighted by molar-refractivity contribution is 0.0262. The molecular formula is C11H15NO. The molecule has 2 N–H and O–H groups in total. The Balaban J connectivity index is 2.42. The molecule has 1 aromatic rings. The van der Waals surface area contributed by atoms with Gasteiger partial charge in [0.1, 0.15) is 0 Å². The molecule has 0 saturated heterocycles. The van der Waals surface area contributed by atoms with Crippen LogP contribution in [0.5, 0.6) is 0 Å². The smallest absolute Gasteiger partial charge is 0.0826 e. The molecule has 70 valence electrons. The van der Waals surface area contributed by atoms with E-state index in [0.717, 1.165) is 6.42 Å². The average Bonchev–Trinajstić information content (AvgIpc) is 2.19. The van der Waals surface area contributed by atoms with Gasteiger partial charge in [-0.15, -0.1) is 0 Å². The largest absolute Gasteiger partial charge is 0.372 e. The molecule has 1 aromatic carbocycles. The summed E-state index contributed by atoms with van der Waals surface area (Å²) in [5.41, 5.74) is 8.46. The van der Waals surface area contributed by atoms with Crippen LogP contribution in [-0.4, -0.2) is 6.61 Å². The van der Waals surface area contributed by atoms with Gasteiger partial charge in [-0.3, -0.25) is 0 Å². The highest BCUT2D eigenvalue weighted by atomic mass is 16.5. The first kappa shape index (κ1) is 8.73. The molecule has 1 aliphatic rings. The molecule has 0 radical (unpaired) electrons. The van der Waals surface area contributed by atoms with Crippen LogP contribution >= 0.6 is 0 Å². The minimum atomic E-state index is 0.0546. The molecule has 13 heavy (non-hydrogen) atoms. The van der Waals surface area contributed by atoms with Crippen molar-refractivity contribution >= 4 is 0 Å². The second-order valence-corrected chi connectivity index (χ2v) is 3.47. The van der Waals surface area contributed by atoms with Crippen molar-refractivity contribution in [2.75, 3.05) is 6.61 Å². The van der Waals surface area contributed by atoms with Crippen LogP contribution in [0.3, 0.4) is 0 Å². The minimum Gasteiger partial charge on any atom is -0.372 e. The van der Waals surface area contributed by atoms with E-state index >= 15 is 0 Å². The maximum atomic E-state index is 5.94. The molecule has 1 heterocycles. The van der Waals surface area contributed by atoms with Crippen LogP contribution in [0.2, 0.25) is 0 Å². The summed E-state index contributed by atoms with van der Waals surface area (Å²) in [6, 6.07) is 8.35. The fourth-order valence-corrected chi connectivity index (χ4v) is 1.88. The van der Waals surface area contributed by atoms with E-state index in [1.807, 2.05) is 12.1 Å². The standard InChI is InChI=1S/C11H15NO/c1-2-11-9-6-4-3-5-8(9)10(12)7-13-11/h3-6,10-11H,2,7,12H2,1H3. The monoisotopic (exact) mass is 177 g/mol. The molecule has 0 bridgehead atoms. The zero-order valence-corrected chi connectivity index (χ0v) is 7.86. The molecule has 0 aromatic heterocycles. The number of fused-ring (bicyclic) bond motifs is 1. The lowest BCUT2D eigenvalue weighted by Crippen LogP contribution is -2.26. The van der Waals surface area contributed by atoms with Gasteiger partial charge in [0.15, 0.2) is 0 Å². The summed E-state index contributed by atoms with van der Waals surface area (Å²) < 4.78 is 5.64. The number of benzene rings is 1. The molecule has 2 unspecified atom stereocenters. The van der Waals surface area contributed by atoms with Crippen LogP contribution in [0.1, 0.15) is 36.6 Å². The number of ether oxygens (including phenoxy) is 1. The van der Waals surface area contributed by atoms with E-state index in [4.69, 9.17) is 10.5 Å². The molecule has 2 heteroatoms. The first-order valence-corrected chi connectivity index (χ1v) is 4.79. The molecule has 2 rings (SSSR count). The number of hydrogen-bond donors (Lipinski definition) is 1. The van der Waals surface area contributed by atoms with Crippen molar-refractivity contribution in [1.29, 1.82) is 0 Å². The van der Waals surface area contributed by atoms with Crippen molar-refractivity contribution in [1.82, 2.24) is 0 Å². The SMILES string of the molecule is CCC1OCC(N)c2ccccc21. The summed E-state index contributed by atoms with van der Waals surface area (Å²) in [5.74, 6) is 0. The highest BCUT2D eigenvalue weighted by Gasteiger charge is 2.23. The molecule has 0 fully saturated rings. The van der Waals surface area contributed by atoms with Crippen LogP contribution in [-0.2, 0) is 4.74 Å². The van der Waals surface area contributed by atoms with Crippen molar-refractivity contribution in [2.24, 2.45) is 5.73 Å². The molecule has 0 aliphatic carbocycles. The van der Waals surface area contributed by atoms with E-state index in [-0.39, 0.29) is 12.1 Å². The summed E-state index contributed by atoms with van der Waals surface area (Å²) in [6.07, 6.45) is 1.26. The molecule has 0 amide bonds. The summed E-state index contributed by atoms with van der Waals surface area (Å²) >= 11 is 0. The Hall–Kier alpha value is -0.860. The van der Waals surface area contributed by atoms with Crippen molar-refractivity contribution < 1.29 is 4.74 Å². The van der Waals surface area contributed by atoms with E-state index < -0.39 is 0 Å². The van der Waals surface area contributed by atoms with Crippen LogP contribution in [0, 0.1) is 0 Å². The fraction of sp³-hybridized carbons (Fsp3) is 0.455. The van der Waals surface area contributed by atoms with Gasteiger partial charge in [-0.2, -0.15) is 0 Å². The molecule has 1 aliphatic heterocycles. The van der Waals surface area contributed by atoms with Crippen molar-refractivity contribution in [3.8, 4) is 0 Å². The Morgan fingerprint density at radius 2 is 2.08 bits per heavy atom. The molecule has 2 nitrogen and oxygen atoms in total. The first-order valence-electron chi connectivity index (χ1n) is 4.79. The summed E-state index contributed by atoms with van der Waals surface area (Å²) in [6.45, 7) is 2.79. The van der Waals surface area contributed by atoms with Gasteiger partial charge in [-0.1, -0.05) is 31.2 Å². The van der Waals surface area contributed by atoms with Crippen LogP contribution in [0.25, 0.3) is 0 Å². The number of rotatable bonds is 1. The normalized spacial score (nSPS) is 26.9. The Morgan fingerprint density at radius 1 is 1.38 bits per heavy atom. The van der Waals surface area contributed by atoms with Crippen LogP contribution in [0.4, 0.5) is 0 Å². The Morgan fingerprint density at radius 3 is 2.77 bits per heavy atom. The Bertz CT molecular complexity index is 298. The maximum absolute atomic E-state index is 5.94. The van der Waals surface area contributed by atoms with Gasteiger partial charge in [0.2, 0.25) is 0 Å². The Labute approximate surface area is 78.7 Å². The van der Waals surface area contributed by atoms with E-state index in [0.29, 0.717) is 6.61 Å². The lowest BCUT2D eigenvalue weighted by Gasteiger charge is -2.29. The van der Waals surface area contributed by atoms with Gasteiger partial charge in [0.05, 0.1) is 18.8 Å². The van der Waals surface area contributed by atoms with Gasteiger partial charge in [-0.05, 0) is 17.5 Å². The summed E-state index contributed by atoms with van der Waals surface area (Å²) in [4.78, 5) is 0. The van der Waals surface area contributed by atoms with Crippen molar-refractivity contribution in [3.63, 3.8) is 0 Å². The first-order chi connectivity index (χ1) is 6.33. The van der Waals surface area contributed by atoms with Gasteiger partial charge in [0.25, 0.3) is 0 Å². The zero-order valence-electron chi connectivity index (χ0n) is 7.86. The topological polar surface area (TPSA) is 35.2 Å². The second kappa shape index (κ2) is 3.48. The second-order valence-electron chi connectivity index (χ2n) is 3.47. The van der Waals surface area contributed by atoms with Crippen LogP contribution < -0.4 is 5.73 Å². The van der Waals surface area contributed by atoms with E-state index in [1.54, 1.807) is 0 Å². The number of nitrogens with two attached hydrogens (primary N) is 1. The predicted octanol–water partition coefficient (Wildman–Crippen LogP) is 2.17. The summed E-state index contributed by atoms with van der Waals surface area (Å²) in [5, 5.41) is 0. The van der Waals surface area contributed by atoms with E-state index in [9.17, 15) is 0 Å². The quantitative estimate of drug-likeness (QED) is 0.713. The molecule has 0 spiro atoms. The van der Waals surface area contributed by atoms with Gasteiger partial charge in [0, 0.05) is 0 Å². The molecular weight excluding hydrogens is 162 g/mol.